The first-order chi connectivity index (χ1) is 8.50. The van der Waals surface area contributed by atoms with E-state index in [1.54, 1.807) is 0 Å². The van der Waals surface area contributed by atoms with Crippen molar-refractivity contribution < 1.29 is 19.5 Å². The van der Waals surface area contributed by atoms with Crippen LogP contribution in [0.15, 0.2) is 0 Å². The first kappa shape index (κ1) is 13.2. The van der Waals surface area contributed by atoms with Crippen LogP contribution in [0.25, 0.3) is 0 Å². The van der Waals surface area contributed by atoms with Gasteiger partial charge in [0.05, 0.1) is 11.9 Å². The van der Waals surface area contributed by atoms with Crippen LogP contribution in [-0.4, -0.2) is 62.9 Å². The van der Waals surface area contributed by atoms with Crippen LogP contribution in [0.4, 0.5) is 0 Å². The third-order valence-corrected chi connectivity index (χ3v) is 4.51. The van der Waals surface area contributed by atoms with Crippen LogP contribution in [0.1, 0.15) is 19.8 Å². The highest BCUT2D eigenvalue weighted by molar-refractivity contribution is 8.00. The Morgan fingerprint density at radius 2 is 2.22 bits per heavy atom. The van der Waals surface area contributed by atoms with Crippen molar-refractivity contribution in [3.05, 3.63) is 0 Å². The molecule has 0 spiro atoms. The molecule has 2 aliphatic rings. The number of likely N-dealkylation sites (tertiary alicyclic amines) is 1. The maximum atomic E-state index is 12.1. The number of thioether (sulfide) groups is 1. The van der Waals surface area contributed by atoms with Gasteiger partial charge in [-0.15, -0.1) is 11.8 Å². The van der Waals surface area contributed by atoms with E-state index in [2.05, 4.69) is 0 Å². The predicted octanol–water partition coefficient (Wildman–Crippen LogP) is -0.0166. The number of rotatable bonds is 3. The molecule has 0 aromatic rings. The molecule has 2 rings (SSSR count). The SMILES string of the molecule is CC1SCC(C(=O)O)N1C(=O)CN1CCCC1=O. The van der Waals surface area contributed by atoms with Gasteiger partial charge in [0.2, 0.25) is 11.8 Å². The molecule has 2 atom stereocenters. The van der Waals surface area contributed by atoms with Crippen molar-refractivity contribution in [1.29, 1.82) is 0 Å². The van der Waals surface area contributed by atoms with Crippen molar-refractivity contribution in [1.82, 2.24) is 9.80 Å². The van der Waals surface area contributed by atoms with Crippen LogP contribution in [0.5, 0.6) is 0 Å². The molecule has 2 unspecified atom stereocenters. The lowest BCUT2D eigenvalue weighted by Crippen LogP contribution is -2.49. The molecule has 0 bridgehead atoms. The molecule has 0 radical (unpaired) electrons. The van der Waals surface area contributed by atoms with Gasteiger partial charge in [0, 0.05) is 18.7 Å². The Balaban J connectivity index is 2.02. The van der Waals surface area contributed by atoms with Gasteiger partial charge in [-0.25, -0.2) is 4.79 Å². The molecule has 0 saturated carbocycles. The normalized spacial score (nSPS) is 27.9. The lowest BCUT2D eigenvalue weighted by Gasteiger charge is -2.27. The Hall–Kier alpha value is -1.24. The second-order valence-electron chi connectivity index (χ2n) is 4.51. The zero-order valence-corrected chi connectivity index (χ0v) is 11.0. The molecule has 2 aliphatic heterocycles. The number of hydrogen-bond donors (Lipinski definition) is 1. The van der Waals surface area contributed by atoms with Crippen molar-refractivity contribution in [2.75, 3.05) is 18.8 Å². The standard InChI is InChI=1S/C11H16N2O4S/c1-7-13(8(6-18-7)11(16)17)10(15)5-12-4-2-3-9(12)14/h7-8H,2-6H2,1H3,(H,16,17). The van der Waals surface area contributed by atoms with Gasteiger partial charge in [-0.1, -0.05) is 0 Å². The smallest absolute Gasteiger partial charge is 0.327 e. The monoisotopic (exact) mass is 272 g/mol. The van der Waals surface area contributed by atoms with Crippen LogP contribution in [-0.2, 0) is 14.4 Å². The van der Waals surface area contributed by atoms with Crippen molar-refractivity contribution in [3.63, 3.8) is 0 Å². The van der Waals surface area contributed by atoms with Gasteiger partial charge in [-0.05, 0) is 13.3 Å². The van der Waals surface area contributed by atoms with Gasteiger partial charge in [0.25, 0.3) is 0 Å². The summed E-state index contributed by atoms with van der Waals surface area (Å²) in [4.78, 5) is 37.6. The lowest BCUT2D eigenvalue weighted by atomic mass is 10.2. The fourth-order valence-electron chi connectivity index (χ4n) is 2.33. The first-order valence-corrected chi connectivity index (χ1v) is 6.99. The van der Waals surface area contributed by atoms with E-state index in [-0.39, 0.29) is 23.7 Å². The maximum absolute atomic E-state index is 12.1. The Labute approximate surface area is 109 Å². The summed E-state index contributed by atoms with van der Waals surface area (Å²) in [5.74, 6) is -0.853. The molecule has 1 N–H and O–H groups in total. The molecule has 0 aromatic heterocycles. The summed E-state index contributed by atoms with van der Waals surface area (Å²) in [5.41, 5.74) is 0. The molecule has 100 valence electrons. The summed E-state index contributed by atoms with van der Waals surface area (Å²) >= 11 is 1.45. The van der Waals surface area contributed by atoms with E-state index in [4.69, 9.17) is 5.11 Å². The fourth-order valence-corrected chi connectivity index (χ4v) is 3.52. The molecule has 2 saturated heterocycles. The van der Waals surface area contributed by atoms with Crippen molar-refractivity contribution in [2.24, 2.45) is 0 Å². The van der Waals surface area contributed by atoms with Crippen LogP contribution in [0.2, 0.25) is 0 Å². The number of carboxylic acid groups (broad SMARTS) is 1. The van der Waals surface area contributed by atoms with Gasteiger partial charge >= 0.3 is 5.97 Å². The van der Waals surface area contributed by atoms with Gasteiger partial charge < -0.3 is 14.9 Å². The molecule has 2 heterocycles. The van der Waals surface area contributed by atoms with Crippen molar-refractivity contribution in [2.45, 2.75) is 31.2 Å². The molecule has 6 nitrogen and oxygen atoms in total. The van der Waals surface area contributed by atoms with E-state index in [1.165, 1.54) is 21.6 Å². The summed E-state index contributed by atoms with van der Waals surface area (Å²) in [6, 6.07) is -0.768. The number of carbonyl (C=O) groups excluding carboxylic acids is 2. The molecule has 2 fully saturated rings. The maximum Gasteiger partial charge on any atom is 0.327 e. The van der Waals surface area contributed by atoms with Gasteiger partial charge in [-0.2, -0.15) is 0 Å². The van der Waals surface area contributed by atoms with Gasteiger partial charge in [-0.3, -0.25) is 9.59 Å². The number of nitrogens with zero attached hydrogens (tertiary/aromatic N) is 2. The molecular weight excluding hydrogens is 256 g/mol. The Morgan fingerprint density at radius 1 is 1.50 bits per heavy atom. The molecule has 0 aliphatic carbocycles. The van der Waals surface area contributed by atoms with E-state index in [0.717, 1.165) is 6.42 Å². The van der Waals surface area contributed by atoms with Gasteiger partial charge in [0.1, 0.15) is 6.04 Å². The molecular formula is C11H16N2O4S. The highest BCUT2D eigenvalue weighted by atomic mass is 32.2. The molecule has 18 heavy (non-hydrogen) atoms. The minimum absolute atomic E-state index is 0.00745. The largest absolute Gasteiger partial charge is 0.480 e. The van der Waals surface area contributed by atoms with E-state index in [0.29, 0.717) is 18.7 Å². The second kappa shape index (κ2) is 5.17. The van der Waals surface area contributed by atoms with Crippen LogP contribution in [0.3, 0.4) is 0 Å². The Kier molecular flexibility index (Phi) is 3.79. The number of aliphatic carboxylic acids is 1. The zero-order valence-electron chi connectivity index (χ0n) is 10.2. The number of hydrogen-bond acceptors (Lipinski definition) is 4. The Morgan fingerprint density at radius 3 is 2.78 bits per heavy atom. The van der Waals surface area contributed by atoms with E-state index >= 15 is 0 Å². The summed E-state index contributed by atoms with van der Waals surface area (Å²) in [6.07, 6.45) is 1.26. The average Bonchev–Trinajstić information content (AvgIpc) is 2.86. The second-order valence-corrected chi connectivity index (χ2v) is 5.86. The average molecular weight is 272 g/mol. The third kappa shape index (κ3) is 2.45. The minimum Gasteiger partial charge on any atom is -0.480 e. The van der Waals surface area contributed by atoms with E-state index < -0.39 is 12.0 Å². The van der Waals surface area contributed by atoms with Crippen LogP contribution < -0.4 is 0 Å². The van der Waals surface area contributed by atoms with Crippen LogP contribution >= 0.6 is 11.8 Å². The predicted molar refractivity (Wildman–Crippen MR) is 66.0 cm³/mol. The van der Waals surface area contributed by atoms with E-state index in [9.17, 15) is 14.4 Å². The quantitative estimate of drug-likeness (QED) is 0.781. The highest BCUT2D eigenvalue weighted by Crippen LogP contribution is 2.29. The van der Waals surface area contributed by atoms with Crippen molar-refractivity contribution >= 4 is 29.5 Å². The first-order valence-electron chi connectivity index (χ1n) is 5.94. The summed E-state index contributed by atoms with van der Waals surface area (Å²) < 4.78 is 0. The van der Waals surface area contributed by atoms with Crippen molar-refractivity contribution in [3.8, 4) is 0 Å². The fraction of sp³-hybridized carbons (Fsp3) is 0.727. The topological polar surface area (TPSA) is 77.9 Å². The molecule has 0 aromatic carbocycles. The molecule has 2 amide bonds. The van der Waals surface area contributed by atoms with E-state index in [1.807, 2.05) is 6.92 Å². The lowest BCUT2D eigenvalue weighted by molar-refractivity contribution is -0.150. The summed E-state index contributed by atoms with van der Waals surface area (Å²) in [7, 11) is 0. The van der Waals surface area contributed by atoms with Crippen LogP contribution in [0, 0.1) is 0 Å². The molecule has 7 heteroatoms. The minimum atomic E-state index is -0.979. The zero-order chi connectivity index (χ0) is 13.3. The number of amides is 2. The summed E-state index contributed by atoms with van der Waals surface area (Å²) in [5, 5.41) is 8.93. The third-order valence-electron chi connectivity index (χ3n) is 3.29. The number of carboxylic acids is 1. The Bertz CT molecular complexity index is 387. The van der Waals surface area contributed by atoms with Gasteiger partial charge in [0.15, 0.2) is 0 Å². The highest BCUT2D eigenvalue weighted by Gasteiger charge is 2.40. The number of carbonyl (C=O) groups is 3. The summed E-state index contributed by atoms with van der Waals surface area (Å²) in [6.45, 7) is 2.42.